The van der Waals surface area contributed by atoms with Crippen LogP contribution in [0.2, 0.25) is 18.1 Å². The van der Waals surface area contributed by atoms with Gasteiger partial charge in [0.1, 0.15) is 5.78 Å². The van der Waals surface area contributed by atoms with Crippen molar-refractivity contribution in [2.75, 3.05) is 13.7 Å². The number of ketones is 1. The molecule has 0 spiro atoms. The Labute approximate surface area is 170 Å². The summed E-state index contributed by atoms with van der Waals surface area (Å²) in [6.45, 7) is 19.5. The van der Waals surface area contributed by atoms with E-state index in [1.165, 1.54) is 25.0 Å². The van der Waals surface area contributed by atoms with E-state index in [1.54, 1.807) is 6.08 Å². The number of hydrogen-bond acceptors (Lipinski definition) is 5. The molecule has 7 heteroatoms. The maximum Gasteiger partial charge on any atom is 0.321 e. The van der Waals surface area contributed by atoms with E-state index in [0.29, 0.717) is 0 Å². The van der Waals surface area contributed by atoms with Gasteiger partial charge < -0.3 is 14.1 Å². The summed E-state index contributed by atoms with van der Waals surface area (Å²) in [5, 5.41) is -0.0883. The monoisotopic (exact) mass is 409 g/mol. The van der Waals surface area contributed by atoms with Gasteiger partial charge in [0.25, 0.3) is 0 Å². The number of methoxy groups -OCH3 is 1. The van der Waals surface area contributed by atoms with E-state index >= 15 is 0 Å². The number of carbonyl (C=O) groups excluding carboxylic acids is 3. The average Bonchev–Trinajstić information content (AvgIpc) is 2.86. The summed E-state index contributed by atoms with van der Waals surface area (Å²) in [5.74, 6) is -1.19. The third-order valence-electron chi connectivity index (χ3n) is 6.11. The van der Waals surface area contributed by atoms with Gasteiger partial charge in [0.05, 0.1) is 25.7 Å². The number of allylic oxidation sites excluding steroid dienone is 1. The lowest BCUT2D eigenvalue weighted by Crippen LogP contribution is -2.60. The lowest BCUT2D eigenvalue weighted by atomic mass is 9.72. The quantitative estimate of drug-likeness (QED) is 0.252. The van der Waals surface area contributed by atoms with Gasteiger partial charge in [-0.05, 0) is 31.5 Å². The minimum atomic E-state index is -2.27. The molecule has 0 N–H and O–H groups in total. The van der Waals surface area contributed by atoms with Gasteiger partial charge in [-0.3, -0.25) is 14.4 Å². The van der Waals surface area contributed by atoms with Gasteiger partial charge in [0.2, 0.25) is 5.91 Å². The van der Waals surface area contributed by atoms with Crippen LogP contribution >= 0.6 is 0 Å². The fraction of sp³-hybridized carbons (Fsp3) is 0.667. The number of nitrogens with zero attached hydrogens (tertiary/aromatic N) is 1. The Morgan fingerprint density at radius 3 is 2.21 bits per heavy atom. The van der Waals surface area contributed by atoms with Gasteiger partial charge >= 0.3 is 5.97 Å². The molecule has 3 atom stereocenters. The highest BCUT2D eigenvalue weighted by Crippen LogP contribution is 2.45. The lowest BCUT2D eigenvalue weighted by molar-refractivity contribution is -0.164. The molecule has 158 valence electrons. The second-order valence-corrected chi connectivity index (χ2v) is 13.7. The summed E-state index contributed by atoms with van der Waals surface area (Å²) >= 11 is 0. The second kappa shape index (κ2) is 8.74. The van der Waals surface area contributed by atoms with Crippen LogP contribution in [0.5, 0.6) is 0 Å². The first-order valence-corrected chi connectivity index (χ1v) is 12.5. The standard InChI is InChI=1S/C21H35NO5Si/c1-10-12-21(15(3)23,19(25)26-7)18-16(14-17(24)22(18)13-11-2)27-28(8,9)20(4,5)6/h10-11,16,18H,1-2,12-14H2,3-9H3/t16-,18+,21?/m0/s1. The lowest BCUT2D eigenvalue weighted by Gasteiger charge is -2.44. The molecule has 1 amide bonds. The van der Waals surface area contributed by atoms with Crippen molar-refractivity contribution in [3.63, 3.8) is 0 Å². The van der Waals surface area contributed by atoms with E-state index in [2.05, 4.69) is 47.0 Å². The van der Waals surface area contributed by atoms with E-state index in [1.807, 2.05) is 0 Å². The Bertz CT molecular complexity index is 652. The molecule has 0 radical (unpaired) electrons. The van der Waals surface area contributed by atoms with Crippen molar-refractivity contribution < 1.29 is 23.5 Å². The van der Waals surface area contributed by atoms with Crippen molar-refractivity contribution in [1.82, 2.24) is 4.90 Å². The maximum absolute atomic E-state index is 12.9. The molecular weight excluding hydrogens is 374 g/mol. The van der Waals surface area contributed by atoms with E-state index in [9.17, 15) is 14.4 Å². The molecule has 1 saturated heterocycles. The number of ether oxygens (including phenoxy) is 1. The number of esters is 1. The summed E-state index contributed by atoms with van der Waals surface area (Å²) in [4.78, 5) is 40.1. The molecule has 0 aromatic heterocycles. The number of hydrogen-bond donors (Lipinski definition) is 0. The first kappa shape index (κ1) is 24.3. The van der Waals surface area contributed by atoms with Crippen LogP contribution in [0.4, 0.5) is 0 Å². The van der Waals surface area contributed by atoms with Crippen LogP contribution in [-0.4, -0.2) is 56.7 Å². The molecular formula is C21H35NO5Si. The highest BCUT2D eigenvalue weighted by molar-refractivity contribution is 6.74. The van der Waals surface area contributed by atoms with Crippen LogP contribution in [0.1, 0.15) is 40.5 Å². The van der Waals surface area contributed by atoms with Crippen molar-refractivity contribution in [3.8, 4) is 0 Å². The first-order valence-electron chi connectivity index (χ1n) is 9.58. The molecule has 1 aliphatic heterocycles. The Hall–Kier alpha value is -1.73. The van der Waals surface area contributed by atoms with Crippen LogP contribution in [0, 0.1) is 5.41 Å². The van der Waals surface area contributed by atoms with Gasteiger partial charge in [-0.25, -0.2) is 0 Å². The zero-order valence-corrected chi connectivity index (χ0v) is 19.3. The SMILES string of the molecule is C=CCN1C(=O)C[C@H](O[Si](C)(C)C(C)(C)C)[C@@H]1C(CC=C)(C(C)=O)C(=O)OC. The maximum atomic E-state index is 12.9. The minimum absolute atomic E-state index is 0.0674. The first-order chi connectivity index (χ1) is 12.8. The van der Waals surface area contributed by atoms with Gasteiger partial charge in [0.15, 0.2) is 13.7 Å². The molecule has 0 aromatic rings. The number of Topliss-reactive ketones (excluding diaryl/α,β-unsaturated/α-hetero) is 1. The van der Waals surface area contributed by atoms with Crippen LogP contribution in [0.3, 0.4) is 0 Å². The van der Waals surface area contributed by atoms with Crippen molar-refractivity contribution in [1.29, 1.82) is 0 Å². The Kier molecular flexibility index (Phi) is 7.58. The highest BCUT2D eigenvalue weighted by Gasteiger charge is 2.60. The largest absolute Gasteiger partial charge is 0.468 e. The molecule has 1 fully saturated rings. The smallest absolute Gasteiger partial charge is 0.321 e. The molecule has 6 nitrogen and oxygen atoms in total. The van der Waals surface area contributed by atoms with Gasteiger partial charge in [-0.15, -0.1) is 13.2 Å². The zero-order valence-electron chi connectivity index (χ0n) is 18.3. The third-order valence-corrected chi connectivity index (χ3v) is 10.6. The topological polar surface area (TPSA) is 72.9 Å². The van der Waals surface area contributed by atoms with E-state index < -0.39 is 31.8 Å². The number of likely N-dealkylation sites (tertiary alicyclic amines) is 1. The molecule has 0 aliphatic carbocycles. The summed E-state index contributed by atoms with van der Waals surface area (Å²) in [7, 11) is -1.02. The Morgan fingerprint density at radius 1 is 1.25 bits per heavy atom. The summed E-state index contributed by atoms with van der Waals surface area (Å²) < 4.78 is 11.6. The predicted octanol–water partition coefficient (Wildman–Crippen LogP) is 3.49. The van der Waals surface area contributed by atoms with Crippen LogP contribution in [0.15, 0.2) is 25.3 Å². The molecule has 1 rings (SSSR count). The fourth-order valence-electron chi connectivity index (χ4n) is 3.59. The van der Waals surface area contributed by atoms with Gasteiger partial charge in [-0.1, -0.05) is 32.9 Å². The Morgan fingerprint density at radius 2 is 1.82 bits per heavy atom. The van der Waals surface area contributed by atoms with Crippen LogP contribution < -0.4 is 0 Å². The summed E-state index contributed by atoms with van der Waals surface area (Å²) in [6.07, 6.45) is 2.72. The minimum Gasteiger partial charge on any atom is -0.468 e. The Balaban J connectivity index is 3.61. The molecule has 1 aliphatic rings. The van der Waals surface area contributed by atoms with E-state index in [-0.39, 0.29) is 36.1 Å². The number of amides is 1. The van der Waals surface area contributed by atoms with Gasteiger partial charge in [-0.2, -0.15) is 0 Å². The van der Waals surface area contributed by atoms with Crippen LogP contribution in [0.25, 0.3) is 0 Å². The molecule has 0 saturated carbocycles. The van der Waals surface area contributed by atoms with Crippen molar-refractivity contribution in [3.05, 3.63) is 25.3 Å². The van der Waals surface area contributed by atoms with E-state index in [0.717, 1.165) is 0 Å². The third kappa shape index (κ3) is 4.30. The predicted molar refractivity (Wildman–Crippen MR) is 112 cm³/mol. The molecule has 0 bridgehead atoms. The number of carbonyl (C=O) groups is 3. The highest BCUT2D eigenvalue weighted by atomic mass is 28.4. The average molecular weight is 410 g/mol. The number of rotatable bonds is 9. The molecule has 0 aromatic carbocycles. The van der Waals surface area contributed by atoms with Crippen molar-refractivity contribution in [2.24, 2.45) is 5.41 Å². The van der Waals surface area contributed by atoms with Crippen molar-refractivity contribution >= 4 is 26.0 Å². The summed E-state index contributed by atoms with van der Waals surface area (Å²) in [6, 6.07) is -0.768. The summed E-state index contributed by atoms with van der Waals surface area (Å²) in [5.41, 5.74) is -1.56. The molecule has 28 heavy (non-hydrogen) atoms. The normalized spacial score (nSPS) is 22.5. The fourth-order valence-corrected chi connectivity index (χ4v) is 4.91. The van der Waals surface area contributed by atoms with Gasteiger partial charge in [0, 0.05) is 6.54 Å². The second-order valence-electron chi connectivity index (χ2n) is 8.91. The van der Waals surface area contributed by atoms with Crippen LogP contribution in [-0.2, 0) is 23.5 Å². The molecule has 1 heterocycles. The molecule has 1 unspecified atom stereocenters. The zero-order chi connectivity index (χ0) is 21.9. The van der Waals surface area contributed by atoms with E-state index in [4.69, 9.17) is 9.16 Å². The van der Waals surface area contributed by atoms with Crippen molar-refractivity contribution in [2.45, 2.75) is 70.8 Å².